The average Bonchev–Trinajstić information content (AvgIpc) is 2.54. The third-order valence-electron chi connectivity index (χ3n) is 3.82. The summed E-state index contributed by atoms with van der Waals surface area (Å²) in [6, 6.07) is 21.0. The normalized spacial score (nSPS) is 11.1. The Morgan fingerprint density at radius 2 is 1.57 bits per heavy atom. The van der Waals surface area contributed by atoms with Gasteiger partial charge in [0.2, 0.25) is 0 Å². The first-order valence-corrected chi connectivity index (χ1v) is 7.02. The van der Waals surface area contributed by atoms with Gasteiger partial charge in [0, 0.05) is 16.3 Å². The predicted molar refractivity (Wildman–Crippen MR) is 87.2 cm³/mol. The number of aryl methyl sites for hydroxylation is 1. The molecule has 0 bridgehead atoms. The van der Waals surface area contributed by atoms with Crippen molar-refractivity contribution in [3.05, 3.63) is 72.6 Å². The monoisotopic (exact) mass is 270 g/mol. The maximum absolute atomic E-state index is 4.51. The second kappa shape index (κ2) is 4.67. The van der Waals surface area contributed by atoms with Crippen LogP contribution in [0.25, 0.3) is 32.9 Å². The zero-order valence-electron chi connectivity index (χ0n) is 11.7. The van der Waals surface area contributed by atoms with Crippen LogP contribution in [0.2, 0.25) is 0 Å². The van der Waals surface area contributed by atoms with Crippen molar-refractivity contribution in [1.82, 2.24) is 9.97 Å². The Morgan fingerprint density at radius 1 is 0.762 bits per heavy atom. The molecule has 1 aromatic heterocycles. The van der Waals surface area contributed by atoms with Gasteiger partial charge in [0.15, 0.2) is 0 Å². The SMILES string of the molecule is Cc1ccc2c(ccc3c(-c4ccccc4)ncnc32)c1. The molecule has 0 atom stereocenters. The number of hydrogen-bond acceptors (Lipinski definition) is 2. The molecule has 4 aromatic rings. The van der Waals surface area contributed by atoms with Gasteiger partial charge in [-0.15, -0.1) is 0 Å². The van der Waals surface area contributed by atoms with Crippen LogP contribution < -0.4 is 0 Å². The minimum atomic E-state index is 0.989. The van der Waals surface area contributed by atoms with Gasteiger partial charge in [-0.2, -0.15) is 0 Å². The highest BCUT2D eigenvalue weighted by atomic mass is 14.8. The largest absolute Gasteiger partial charge is 0.236 e. The first kappa shape index (κ1) is 12.0. The van der Waals surface area contributed by atoms with Crippen LogP contribution >= 0.6 is 0 Å². The molecule has 0 spiro atoms. The molecular weight excluding hydrogens is 256 g/mol. The predicted octanol–water partition coefficient (Wildman–Crippen LogP) is 4.76. The summed E-state index contributed by atoms with van der Waals surface area (Å²) >= 11 is 0. The van der Waals surface area contributed by atoms with Crippen molar-refractivity contribution in [3.8, 4) is 11.3 Å². The van der Waals surface area contributed by atoms with Crippen LogP contribution in [-0.2, 0) is 0 Å². The summed E-state index contributed by atoms with van der Waals surface area (Å²) in [4.78, 5) is 9.00. The zero-order chi connectivity index (χ0) is 14.2. The summed E-state index contributed by atoms with van der Waals surface area (Å²) in [6.07, 6.45) is 1.66. The Hall–Kier alpha value is -2.74. The molecule has 0 saturated heterocycles. The number of fused-ring (bicyclic) bond motifs is 3. The highest BCUT2D eigenvalue weighted by Crippen LogP contribution is 2.30. The molecule has 3 aromatic carbocycles. The second-order valence-corrected chi connectivity index (χ2v) is 5.27. The molecule has 0 radical (unpaired) electrons. The lowest BCUT2D eigenvalue weighted by atomic mass is 10.0. The Morgan fingerprint density at radius 3 is 2.43 bits per heavy atom. The average molecular weight is 270 g/mol. The van der Waals surface area contributed by atoms with E-state index < -0.39 is 0 Å². The molecule has 0 unspecified atom stereocenters. The van der Waals surface area contributed by atoms with E-state index in [1.54, 1.807) is 6.33 Å². The van der Waals surface area contributed by atoms with Crippen LogP contribution in [0.15, 0.2) is 67.0 Å². The smallest absolute Gasteiger partial charge is 0.116 e. The Kier molecular flexibility index (Phi) is 2.68. The third-order valence-corrected chi connectivity index (χ3v) is 3.82. The van der Waals surface area contributed by atoms with Crippen molar-refractivity contribution >= 4 is 21.7 Å². The highest BCUT2D eigenvalue weighted by molar-refractivity contribution is 6.09. The molecular formula is C19H14N2. The molecule has 0 saturated carbocycles. The molecule has 21 heavy (non-hydrogen) atoms. The minimum Gasteiger partial charge on any atom is -0.236 e. The van der Waals surface area contributed by atoms with Gasteiger partial charge < -0.3 is 0 Å². The standard InChI is InChI=1S/C19H14N2/c1-13-7-9-16-15(11-13)8-10-17-18(20-12-21-19(16)17)14-5-3-2-4-6-14/h2-12H,1H3. The topological polar surface area (TPSA) is 25.8 Å². The zero-order valence-corrected chi connectivity index (χ0v) is 11.7. The van der Waals surface area contributed by atoms with Crippen molar-refractivity contribution < 1.29 is 0 Å². The van der Waals surface area contributed by atoms with Gasteiger partial charge in [-0.1, -0.05) is 60.2 Å². The van der Waals surface area contributed by atoms with E-state index in [2.05, 4.69) is 59.4 Å². The summed E-state index contributed by atoms with van der Waals surface area (Å²) in [6.45, 7) is 2.11. The molecule has 100 valence electrons. The van der Waals surface area contributed by atoms with Gasteiger partial charge in [0.25, 0.3) is 0 Å². The van der Waals surface area contributed by atoms with Gasteiger partial charge in [0.05, 0.1) is 11.2 Å². The maximum atomic E-state index is 4.51. The van der Waals surface area contributed by atoms with E-state index in [0.717, 1.165) is 22.2 Å². The third kappa shape index (κ3) is 1.96. The maximum Gasteiger partial charge on any atom is 0.116 e. The van der Waals surface area contributed by atoms with Gasteiger partial charge in [-0.05, 0) is 18.4 Å². The summed E-state index contributed by atoms with van der Waals surface area (Å²) in [5, 5.41) is 3.50. The second-order valence-electron chi connectivity index (χ2n) is 5.27. The molecule has 2 nitrogen and oxygen atoms in total. The fourth-order valence-corrected chi connectivity index (χ4v) is 2.80. The van der Waals surface area contributed by atoms with E-state index in [0.29, 0.717) is 0 Å². The molecule has 0 aliphatic carbocycles. The summed E-state index contributed by atoms with van der Waals surface area (Å²) in [5.41, 5.74) is 4.39. The Labute approximate surface area is 123 Å². The van der Waals surface area contributed by atoms with Crippen molar-refractivity contribution in [2.45, 2.75) is 6.92 Å². The van der Waals surface area contributed by atoms with E-state index >= 15 is 0 Å². The lowest BCUT2D eigenvalue weighted by molar-refractivity contribution is 1.23. The van der Waals surface area contributed by atoms with Gasteiger partial charge in [-0.3, -0.25) is 0 Å². The molecule has 0 aliphatic heterocycles. The van der Waals surface area contributed by atoms with E-state index in [1.807, 2.05) is 18.2 Å². The Bertz CT molecular complexity index is 943. The number of benzene rings is 3. The number of aromatic nitrogens is 2. The van der Waals surface area contributed by atoms with E-state index in [-0.39, 0.29) is 0 Å². The molecule has 1 heterocycles. The molecule has 0 aliphatic rings. The molecule has 0 amide bonds. The van der Waals surface area contributed by atoms with Crippen LogP contribution in [0.4, 0.5) is 0 Å². The number of hydrogen-bond donors (Lipinski definition) is 0. The van der Waals surface area contributed by atoms with Crippen molar-refractivity contribution in [3.63, 3.8) is 0 Å². The number of rotatable bonds is 1. The van der Waals surface area contributed by atoms with Gasteiger partial charge in [0.1, 0.15) is 6.33 Å². The Balaban J connectivity index is 2.09. The van der Waals surface area contributed by atoms with Crippen LogP contribution in [0.5, 0.6) is 0 Å². The van der Waals surface area contributed by atoms with Gasteiger partial charge in [-0.25, -0.2) is 9.97 Å². The molecule has 2 heteroatoms. The highest BCUT2D eigenvalue weighted by Gasteiger charge is 2.08. The fourth-order valence-electron chi connectivity index (χ4n) is 2.80. The molecule has 0 fully saturated rings. The van der Waals surface area contributed by atoms with E-state index in [1.165, 1.54) is 16.3 Å². The minimum absolute atomic E-state index is 0.989. The summed E-state index contributed by atoms with van der Waals surface area (Å²) in [7, 11) is 0. The van der Waals surface area contributed by atoms with Crippen LogP contribution in [0, 0.1) is 6.92 Å². The van der Waals surface area contributed by atoms with Crippen LogP contribution in [0.3, 0.4) is 0 Å². The van der Waals surface area contributed by atoms with Gasteiger partial charge >= 0.3 is 0 Å². The molecule has 0 N–H and O–H groups in total. The first-order valence-electron chi connectivity index (χ1n) is 7.02. The molecule has 4 rings (SSSR count). The van der Waals surface area contributed by atoms with Crippen molar-refractivity contribution in [1.29, 1.82) is 0 Å². The summed E-state index contributed by atoms with van der Waals surface area (Å²) in [5.74, 6) is 0. The quantitative estimate of drug-likeness (QED) is 0.466. The van der Waals surface area contributed by atoms with E-state index in [9.17, 15) is 0 Å². The van der Waals surface area contributed by atoms with Crippen molar-refractivity contribution in [2.24, 2.45) is 0 Å². The van der Waals surface area contributed by atoms with Crippen LogP contribution in [0.1, 0.15) is 5.56 Å². The lowest BCUT2D eigenvalue weighted by Crippen LogP contribution is -1.90. The summed E-state index contributed by atoms with van der Waals surface area (Å²) < 4.78 is 0. The fraction of sp³-hybridized carbons (Fsp3) is 0.0526. The first-order chi connectivity index (χ1) is 10.3. The van der Waals surface area contributed by atoms with Crippen LogP contribution in [-0.4, -0.2) is 9.97 Å². The number of nitrogens with zero attached hydrogens (tertiary/aromatic N) is 2. The van der Waals surface area contributed by atoms with E-state index in [4.69, 9.17) is 0 Å². The lowest BCUT2D eigenvalue weighted by Gasteiger charge is -2.08. The van der Waals surface area contributed by atoms with Crippen molar-refractivity contribution in [2.75, 3.05) is 0 Å².